The van der Waals surface area contributed by atoms with E-state index in [4.69, 9.17) is 0 Å². The maximum absolute atomic E-state index is 12.5. The van der Waals surface area contributed by atoms with Gasteiger partial charge in [0.25, 0.3) is 5.91 Å². The zero-order chi connectivity index (χ0) is 26.3. The lowest BCUT2D eigenvalue weighted by atomic mass is 9.99. The molecule has 0 saturated carbocycles. The second-order valence-corrected chi connectivity index (χ2v) is 11.1. The molecule has 0 radical (unpaired) electrons. The van der Waals surface area contributed by atoms with Gasteiger partial charge in [0.1, 0.15) is 0 Å². The molecule has 0 aromatic heterocycles. The summed E-state index contributed by atoms with van der Waals surface area (Å²) in [6.07, 6.45) is 1.21. The summed E-state index contributed by atoms with van der Waals surface area (Å²) in [6, 6.07) is 23.1. The van der Waals surface area contributed by atoms with E-state index in [2.05, 4.69) is 22.8 Å². The number of carbonyl (C=O) groups excluding carboxylic acids is 1. The molecular formula is C28H37Cl2N3O4S. The summed E-state index contributed by atoms with van der Waals surface area (Å²) in [5, 5.41) is 17.1. The van der Waals surface area contributed by atoms with Crippen molar-refractivity contribution >= 4 is 46.4 Å². The van der Waals surface area contributed by atoms with Crippen LogP contribution in [-0.4, -0.2) is 44.3 Å². The molecule has 10 heteroatoms. The SMILES string of the molecule is CC(C)Nc1cc(-c2ccc(CCN[C@@H](C)[C@@H](O)c3ccccc3)cc2)ccc1C(=O)NS(C)(=O)=O.Cl.Cl. The highest BCUT2D eigenvalue weighted by atomic mass is 35.5. The third kappa shape index (κ3) is 9.93. The van der Waals surface area contributed by atoms with Crippen molar-refractivity contribution in [3.05, 3.63) is 89.5 Å². The van der Waals surface area contributed by atoms with Crippen LogP contribution in [0.1, 0.15) is 48.4 Å². The normalized spacial score (nSPS) is 12.6. The molecule has 4 N–H and O–H groups in total. The predicted molar refractivity (Wildman–Crippen MR) is 160 cm³/mol. The van der Waals surface area contributed by atoms with Crippen molar-refractivity contribution in [3.8, 4) is 11.1 Å². The molecule has 0 aliphatic rings. The van der Waals surface area contributed by atoms with Gasteiger partial charge in [0.05, 0.1) is 17.9 Å². The molecule has 38 heavy (non-hydrogen) atoms. The van der Waals surface area contributed by atoms with Crippen LogP contribution in [0.25, 0.3) is 11.1 Å². The van der Waals surface area contributed by atoms with E-state index in [0.717, 1.165) is 41.5 Å². The Labute approximate surface area is 238 Å². The van der Waals surface area contributed by atoms with Gasteiger partial charge >= 0.3 is 0 Å². The topological polar surface area (TPSA) is 108 Å². The summed E-state index contributed by atoms with van der Waals surface area (Å²) >= 11 is 0. The standard InChI is InChI=1S/C28H35N3O4S.2ClH/c1-19(2)30-26-18-24(14-15-25(26)28(33)31-36(4,34)35)22-12-10-21(11-13-22)16-17-29-20(3)27(32)23-8-6-5-7-9-23;;/h5-15,18-20,27,29-30,32H,16-17H2,1-4H3,(H,31,33);2*1H/t20-,27+;;/m0../s1. The van der Waals surface area contributed by atoms with Crippen LogP contribution in [0.3, 0.4) is 0 Å². The Hall–Kier alpha value is -2.62. The van der Waals surface area contributed by atoms with E-state index >= 15 is 0 Å². The van der Waals surface area contributed by atoms with Gasteiger partial charge in [-0.3, -0.25) is 4.79 Å². The maximum Gasteiger partial charge on any atom is 0.266 e. The quantitative estimate of drug-likeness (QED) is 0.255. The zero-order valence-corrected chi connectivity index (χ0v) is 24.4. The first-order chi connectivity index (χ1) is 17.0. The number of aliphatic hydroxyl groups is 1. The number of hydrogen-bond donors (Lipinski definition) is 4. The van der Waals surface area contributed by atoms with E-state index in [1.54, 1.807) is 6.07 Å². The number of hydrogen-bond acceptors (Lipinski definition) is 6. The lowest BCUT2D eigenvalue weighted by molar-refractivity contribution is 0.0982. The second-order valence-electron chi connectivity index (χ2n) is 9.31. The van der Waals surface area contributed by atoms with Gasteiger partial charge < -0.3 is 15.7 Å². The molecule has 0 aliphatic heterocycles. The molecule has 0 fully saturated rings. The second kappa shape index (κ2) is 15.1. The average molecular weight is 583 g/mol. The lowest BCUT2D eigenvalue weighted by Gasteiger charge is -2.20. The van der Waals surface area contributed by atoms with Crippen molar-refractivity contribution < 1.29 is 18.3 Å². The number of amides is 1. The number of halogens is 2. The monoisotopic (exact) mass is 581 g/mol. The third-order valence-corrected chi connectivity index (χ3v) is 6.32. The minimum absolute atomic E-state index is 0. The maximum atomic E-state index is 12.5. The largest absolute Gasteiger partial charge is 0.387 e. The average Bonchev–Trinajstić information content (AvgIpc) is 2.83. The molecule has 0 unspecified atom stereocenters. The Morgan fingerprint density at radius 3 is 2.08 bits per heavy atom. The van der Waals surface area contributed by atoms with Crippen LogP contribution in [0.2, 0.25) is 0 Å². The number of rotatable bonds is 11. The summed E-state index contributed by atoms with van der Waals surface area (Å²) in [4.78, 5) is 12.5. The molecule has 0 aliphatic carbocycles. The smallest absolute Gasteiger partial charge is 0.266 e. The molecule has 0 saturated heterocycles. The van der Waals surface area contributed by atoms with Crippen LogP contribution in [0, 0.1) is 0 Å². The van der Waals surface area contributed by atoms with E-state index in [-0.39, 0.29) is 42.5 Å². The minimum Gasteiger partial charge on any atom is -0.387 e. The highest BCUT2D eigenvalue weighted by Crippen LogP contribution is 2.27. The zero-order valence-electron chi connectivity index (χ0n) is 22.0. The molecule has 7 nitrogen and oxygen atoms in total. The van der Waals surface area contributed by atoms with Crippen LogP contribution >= 0.6 is 24.8 Å². The van der Waals surface area contributed by atoms with Crippen LogP contribution in [0.15, 0.2) is 72.8 Å². The van der Waals surface area contributed by atoms with Crippen LogP contribution in [-0.2, 0) is 16.4 Å². The number of benzene rings is 3. The van der Waals surface area contributed by atoms with Gasteiger partial charge in [-0.1, -0.05) is 60.7 Å². The highest BCUT2D eigenvalue weighted by molar-refractivity contribution is 7.89. The molecule has 1 amide bonds. The fraction of sp³-hybridized carbons (Fsp3) is 0.321. The molecule has 0 bridgehead atoms. The predicted octanol–water partition coefficient (Wildman–Crippen LogP) is 4.96. The summed E-state index contributed by atoms with van der Waals surface area (Å²) in [5.41, 5.74) is 4.81. The molecule has 0 heterocycles. The van der Waals surface area contributed by atoms with Crippen molar-refractivity contribution in [2.45, 2.75) is 45.4 Å². The minimum atomic E-state index is -3.66. The highest BCUT2D eigenvalue weighted by Gasteiger charge is 2.17. The first-order valence-corrected chi connectivity index (χ1v) is 13.9. The van der Waals surface area contributed by atoms with Gasteiger partial charge in [-0.2, -0.15) is 0 Å². The Kier molecular flexibility index (Phi) is 13.3. The Bertz CT molecular complexity index is 1270. The molecule has 0 spiro atoms. The first-order valence-electron chi connectivity index (χ1n) is 12.0. The third-order valence-electron chi connectivity index (χ3n) is 5.77. The van der Waals surface area contributed by atoms with Crippen molar-refractivity contribution in [1.82, 2.24) is 10.0 Å². The lowest BCUT2D eigenvalue weighted by Crippen LogP contribution is -2.33. The molecule has 3 rings (SSSR count). The van der Waals surface area contributed by atoms with Crippen molar-refractivity contribution in [2.24, 2.45) is 0 Å². The fourth-order valence-electron chi connectivity index (χ4n) is 3.93. The van der Waals surface area contributed by atoms with Gasteiger partial charge in [0.2, 0.25) is 10.0 Å². The number of sulfonamides is 1. The van der Waals surface area contributed by atoms with E-state index in [1.807, 2.05) is 80.1 Å². The Morgan fingerprint density at radius 2 is 1.50 bits per heavy atom. The molecule has 208 valence electrons. The van der Waals surface area contributed by atoms with Crippen molar-refractivity contribution in [1.29, 1.82) is 0 Å². The molecule has 3 aromatic rings. The molecule has 3 aromatic carbocycles. The summed E-state index contributed by atoms with van der Waals surface area (Å²) in [6.45, 7) is 6.61. The van der Waals surface area contributed by atoms with Crippen LogP contribution in [0.4, 0.5) is 5.69 Å². The Balaban J connectivity index is 0.00000361. The first kappa shape index (κ1) is 33.4. The summed E-state index contributed by atoms with van der Waals surface area (Å²) in [7, 11) is -3.66. The van der Waals surface area contributed by atoms with Gasteiger partial charge in [-0.25, -0.2) is 13.1 Å². The van der Waals surface area contributed by atoms with E-state index in [9.17, 15) is 18.3 Å². The van der Waals surface area contributed by atoms with E-state index in [1.165, 1.54) is 0 Å². The fourth-order valence-corrected chi connectivity index (χ4v) is 4.38. The number of nitrogens with one attached hydrogen (secondary N) is 3. The van der Waals surface area contributed by atoms with Gasteiger partial charge in [-0.05, 0) is 68.1 Å². The van der Waals surface area contributed by atoms with E-state index < -0.39 is 22.0 Å². The van der Waals surface area contributed by atoms with Crippen molar-refractivity contribution in [2.75, 3.05) is 18.1 Å². The van der Waals surface area contributed by atoms with Crippen molar-refractivity contribution in [3.63, 3.8) is 0 Å². The molecule has 2 atom stereocenters. The van der Waals surface area contributed by atoms with Gasteiger partial charge in [-0.15, -0.1) is 24.8 Å². The Morgan fingerprint density at radius 1 is 0.895 bits per heavy atom. The summed E-state index contributed by atoms with van der Waals surface area (Å²) < 4.78 is 25.1. The number of carbonyl (C=O) groups is 1. The molecular weight excluding hydrogens is 545 g/mol. The van der Waals surface area contributed by atoms with Gasteiger partial charge in [0.15, 0.2) is 0 Å². The van der Waals surface area contributed by atoms with Gasteiger partial charge in [0, 0.05) is 17.8 Å². The van der Waals surface area contributed by atoms with Crippen LogP contribution in [0.5, 0.6) is 0 Å². The number of anilines is 1. The number of aliphatic hydroxyl groups excluding tert-OH is 1. The van der Waals surface area contributed by atoms with Crippen LogP contribution < -0.4 is 15.4 Å². The summed E-state index contributed by atoms with van der Waals surface area (Å²) in [5.74, 6) is -0.665. The van der Waals surface area contributed by atoms with E-state index in [0.29, 0.717) is 5.69 Å².